The van der Waals surface area contributed by atoms with Crippen LogP contribution in [-0.4, -0.2) is 26.0 Å². The minimum absolute atomic E-state index is 0.236. The van der Waals surface area contributed by atoms with Crippen molar-refractivity contribution < 1.29 is 9.90 Å². The first-order chi connectivity index (χ1) is 14.7. The third-order valence-electron chi connectivity index (χ3n) is 6.08. The van der Waals surface area contributed by atoms with Crippen molar-refractivity contribution in [2.45, 2.75) is 52.9 Å². The van der Waals surface area contributed by atoms with Gasteiger partial charge in [-0.3, -0.25) is 4.79 Å². The summed E-state index contributed by atoms with van der Waals surface area (Å²) in [5.41, 5.74) is 2.90. The van der Waals surface area contributed by atoms with Gasteiger partial charge in [0.1, 0.15) is 11.6 Å². The number of hydrogen-bond donors (Lipinski definition) is 2. The van der Waals surface area contributed by atoms with E-state index in [-0.39, 0.29) is 11.3 Å². The number of anilines is 2. The van der Waals surface area contributed by atoms with Crippen LogP contribution in [0.1, 0.15) is 55.2 Å². The third-order valence-corrected chi connectivity index (χ3v) is 7.27. The number of carboxylic acids is 1. The van der Waals surface area contributed by atoms with E-state index < -0.39 is 5.97 Å². The summed E-state index contributed by atoms with van der Waals surface area (Å²) in [4.78, 5) is 26.5. The Morgan fingerprint density at radius 2 is 1.90 bits per heavy atom. The molecule has 3 heterocycles. The summed E-state index contributed by atoms with van der Waals surface area (Å²) in [6, 6.07) is 8.02. The monoisotopic (exact) mass is 436 g/mol. The highest BCUT2D eigenvalue weighted by Gasteiger charge is 2.42. The van der Waals surface area contributed by atoms with Crippen molar-refractivity contribution in [3.63, 3.8) is 0 Å². The number of aryl methyl sites for hydroxylation is 2. The van der Waals surface area contributed by atoms with Crippen LogP contribution < -0.4 is 5.32 Å². The number of aromatic nitrogens is 3. The molecule has 2 unspecified atom stereocenters. The molecule has 3 aromatic rings. The summed E-state index contributed by atoms with van der Waals surface area (Å²) < 4.78 is 0. The summed E-state index contributed by atoms with van der Waals surface area (Å²) in [6.07, 6.45) is 6.07. The quantitative estimate of drug-likeness (QED) is 0.513. The van der Waals surface area contributed by atoms with Gasteiger partial charge in [-0.15, -0.1) is 11.3 Å². The van der Waals surface area contributed by atoms with Crippen LogP contribution in [0.2, 0.25) is 0 Å². The summed E-state index contributed by atoms with van der Waals surface area (Å²) in [5, 5.41) is 13.9. The molecule has 0 saturated heterocycles. The molecule has 1 aliphatic rings. The zero-order chi connectivity index (χ0) is 22.2. The van der Waals surface area contributed by atoms with E-state index in [0.29, 0.717) is 12.3 Å². The summed E-state index contributed by atoms with van der Waals surface area (Å²) >= 11 is 1.66. The number of aliphatic carboxylic acids is 1. The fraction of sp³-hybridized carbons (Fsp3) is 0.417. The first-order valence-electron chi connectivity index (χ1n) is 10.6. The second kappa shape index (κ2) is 8.38. The van der Waals surface area contributed by atoms with Gasteiger partial charge in [0.2, 0.25) is 0 Å². The van der Waals surface area contributed by atoms with Gasteiger partial charge < -0.3 is 10.4 Å². The fourth-order valence-corrected chi connectivity index (χ4v) is 5.51. The molecule has 0 aliphatic heterocycles. The Morgan fingerprint density at radius 3 is 2.61 bits per heavy atom. The third kappa shape index (κ3) is 4.77. The maximum atomic E-state index is 11.6. The lowest BCUT2D eigenvalue weighted by Crippen LogP contribution is -2.36. The number of nitrogens with zero attached hydrogens (tertiary/aromatic N) is 3. The molecule has 1 aliphatic carbocycles. The normalized spacial score (nSPS) is 20.4. The van der Waals surface area contributed by atoms with Crippen LogP contribution in [0.25, 0.3) is 10.6 Å². The highest BCUT2D eigenvalue weighted by atomic mass is 32.1. The zero-order valence-electron chi connectivity index (χ0n) is 18.3. The van der Waals surface area contributed by atoms with Gasteiger partial charge in [0.15, 0.2) is 0 Å². The van der Waals surface area contributed by atoms with Gasteiger partial charge in [0.05, 0.1) is 21.5 Å². The molecule has 162 valence electrons. The first-order valence-corrected chi connectivity index (χ1v) is 11.4. The fourth-order valence-electron chi connectivity index (χ4n) is 4.49. The van der Waals surface area contributed by atoms with Crippen LogP contribution in [0.4, 0.5) is 11.6 Å². The molecular formula is C24H28N4O2S. The van der Waals surface area contributed by atoms with E-state index in [2.05, 4.69) is 37.1 Å². The molecule has 0 bridgehead atoms. The van der Waals surface area contributed by atoms with Crippen LogP contribution in [0.15, 0.2) is 36.7 Å². The highest BCUT2D eigenvalue weighted by molar-refractivity contribution is 7.15. The Morgan fingerprint density at radius 1 is 1.13 bits per heavy atom. The van der Waals surface area contributed by atoms with Gasteiger partial charge in [-0.25, -0.2) is 15.0 Å². The van der Waals surface area contributed by atoms with E-state index in [1.165, 1.54) is 0 Å². The summed E-state index contributed by atoms with van der Waals surface area (Å²) in [7, 11) is 0. The number of rotatable bonds is 5. The zero-order valence-corrected chi connectivity index (χ0v) is 19.2. The van der Waals surface area contributed by atoms with Crippen molar-refractivity contribution in [1.29, 1.82) is 0 Å². The highest BCUT2D eigenvalue weighted by Crippen LogP contribution is 2.48. The standard InChI is InChI=1S/C24H28N4O2S/c1-14-7-8-25-20(10-14)28-21-11-15(2)9-18(27-21)19-13-26-22(31-19)16-5-6-17(23(29)30)24(3,4)12-16/h7-11,13,16-17H,5-6,12H2,1-4H3,(H,29,30)(H,25,27,28). The maximum Gasteiger partial charge on any atom is 0.307 e. The number of pyridine rings is 2. The smallest absolute Gasteiger partial charge is 0.307 e. The Balaban J connectivity index is 1.55. The van der Waals surface area contributed by atoms with Crippen molar-refractivity contribution >= 4 is 28.9 Å². The minimum atomic E-state index is -0.685. The molecule has 3 aromatic heterocycles. The van der Waals surface area contributed by atoms with Gasteiger partial charge in [0.25, 0.3) is 0 Å². The predicted molar refractivity (Wildman–Crippen MR) is 124 cm³/mol. The van der Waals surface area contributed by atoms with E-state index in [0.717, 1.165) is 51.2 Å². The second-order valence-electron chi connectivity index (χ2n) is 9.18. The Labute approximate surface area is 186 Å². The lowest BCUT2D eigenvalue weighted by molar-refractivity contribution is -0.147. The molecule has 7 heteroatoms. The molecule has 1 saturated carbocycles. The number of thiazole rings is 1. The van der Waals surface area contributed by atoms with E-state index in [1.54, 1.807) is 17.5 Å². The average molecular weight is 437 g/mol. The van der Waals surface area contributed by atoms with Crippen LogP contribution in [0, 0.1) is 25.2 Å². The van der Waals surface area contributed by atoms with Crippen molar-refractivity contribution in [1.82, 2.24) is 15.0 Å². The van der Waals surface area contributed by atoms with Crippen LogP contribution in [0.3, 0.4) is 0 Å². The average Bonchev–Trinajstić information content (AvgIpc) is 3.16. The first kappa shape index (κ1) is 21.4. The molecule has 2 N–H and O–H groups in total. The predicted octanol–water partition coefficient (Wildman–Crippen LogP) is 5.96. The molecule has 4 rings (SSSR count). The SMILES string of the molecule is Cc1ccnc(Nc2cc(C)cc(-c3cnc(C4CCC(C(=O)O)C(C)(C)C4)s3)n2)c1. The Kier molecular flexibility index (Phi) is 5.79. The number of nitrogens with one attached hydrogen (secondary N) is 1. The Hall–Kier alpha value is -2.80. The van der Waals surface area contributed by atoms with E-state index >= 15 is 0 Å². The van der Waals surface area contributed by atoms with Crippen molar-refractivity contribution in [2.24, 2.45) is 11.3 Å². The number of carboxylic acid groups (broad SMARTS) is 1. The minimum Gasteiger partial charge on any atom is -0.481 e. The summed E-state index contributed by atoms with van der Waals surface area (Å²) in [6.45, 7) is 8.21. The van der Waals surface area contributed by atoms with E-state index in [9.17, 15) is 9.90 Å². The van der Waals surface area contributed by atoms with Gasteiger partial charge >= 0.3 is 5.97 Å². The van der Waals surface area contributed by atoms with Crippen LogP contribution in [0.5, 0.6) is 0 Å². The topological polar surface area (TPSA) is 88.0 Å². The molecule has 0 amide bonds. The number of carbonyl (C=O) groups is 1. The Bertz CT molecular complexity index is 1110. The molecule has 0 radical (unpaired) electrons. The lowest BCUT2D eigenvalue weighted by Gasteiger charge is -2.39. The molecule has 2 atom stereocenters. The van der Waals surface area contributed by atoms with Crippen LogP contribution in [-0.2, 0) is 4.79 Å². The number of hydrogen-bond acceptors (Lipinski definition) is 6. The van der Waals surface area contributed by atoms with Gasteiger partial charge in [-0.2, -0.15) is 0 Å². The molecule has 1 fully saturated rings. The van der Waals surface area contributed by atoms with Crippen LogP contribution >= 0.6 is 11.3 Å². The lowest BCUT2D eigenvalue weighted by atomic mass is 9.65. The molecular weight excluding hydrogens is 408 g/mol. The molecule has 0 aromatic carbocycles. The summed E-state index contributed by atoms with van der Waals surface area (Å²) in [5.74, 6) is 0.849. The van der Waals surface area contributed by atoms with E-state index in [4.69, 9.17) is 9.97 Å². The van der Waals surface area contributed by atoms with Crippen molar-refractivity contribution in [3.05, 3.63) is 52.8 Å². The van der Waals surface area contributed by atoms with Gasteiger partial charge in [-0.05, 0) is 73.9 Å². The maximum absolute atomic E-state index is 11.6. The molecule has 31 heavy (non-hydrogen) atoms. The van der Waals surface area contributed by atoms with Gasteiger partial charge in [-0.1, -0.05) is 13.8 Å². The largest absolute Gasteiger partial charge is 0.481 e. The van der Waals surface area contributed by atoms with Crippen molar-refractivity contribution in [2.75, 3.05) is 5.32 Å². The second-order valence-corrected chi connectivity index (χ2v) is 10.2. The van der Waals surface area contributed by atoms with Crippen molar-refractivity contribution in [3.8, 4) is 10.6 Å². The van der Waals surface area contributed by atoms with Gasteiger partial charge in [0, 0.05) is 18.3 Å². The van der Waals surface area contributed by atoms with E-state index in [1.807, 2.05) is 31.3 Å². The molecule has 0 spiro atoms. The molecule has 6 nitrogen and oxygen atoms in total.